The van der Waals surface area contributed by atoms with E-state index in [1.807, 2.05) is 51.1 Å². The fraction of sp³-hybridized carbons (Fsp3) is 0.611. The van der Waals surface area contributed by atoms with E-state index >= 15 is 0 Å². The number of rotatable bonds is 4. The highest BCUT2D eigenvalue weighted by molar-refractivity contribution is 5.68. The lowest BCUT2D eigenvalue weighted by Gasteiger charge is -2.39. The van der Waals surface area contributed by atoms with E-state index in [0.29, 0.717) is 26.2 Å². The Kier molecular flexibility index (Phi) is 6.02. The molecule has 1 aromatic rings. The third-order valence-corrected chi connectivity index (χ3v) is 3.77. The van der Waals surface area contributed by atoms with Gasteiger partial charge in [-0.1, -0.05) is 30.3 Å². The zero-order chi connectivity index (χ0) is 16.9. The minimum absolute atomic E-state index is 0.301. The third-order valence-electron chi connectivity index (χ3n) is 3.77. The quantitative estimate of drug-likeness (QED) is 0.926. The second-order valence-electron chi connectivity index (χ2n) is 6.95. The number of hydrogen-bond acceptors (Lipinski definition) is 4. The number of aliphatic hydroxyl groups is 1. The summed E-state index contributed by atoms with van der Waals surface area (Å²) in [6.07, 6.45) is 0.491. The molecule has 0 aromatic heterocycles. The van der Waals surface area contributed by atoms with Crippen LogP contribution in [0.25, 0.3) is 0 Å². The maximum Gasteiger partial charge on any atom is 0.410 e. The molecule has 0 radical (unpaired) electrons. The van der Waals surface area contributed by atoms with E-state index in [0.717, 1.165) is 12.0 Å². The molecule has 0 spiro atoms. The molecule has 128 valence electrons. The summed E-state index contributed by atoms with van der Waals surface area (Å²) in [5.74, 6) is 0. The van der Waals surface area contributed by atoms with Crippen molar-refractivity contribution in [3.63, 3.8) is 0 Å². The second kappa shape index (κ2) is 7.79. The van der Waals surface area contributed by atoms with Gasteiger partial charge in [-0.25, -0.2) is 4.79 Å². The van der Waals surface area contributed by atoms with Crippen molar-refractivity contribution in [3.8, 4) is 0 Å². The van der Waals surface area contributed by atoms with Crippen molar-refractivity contribution in [3.05, 3.63) is 35.9 Å². The number of carbonyl (C=O) groups excluding carboxylic acids is 1. The Morgan fingerprint density at radius 1 is 1.30 bits per heavy atom. The number of hydrogen-bond donors (Lipinski definition) is 1. The maximum absolute atomic E-state index is 12.3. The molecule has 1 fully saturated rings. The van der Waals surface area contributed by atoms with Crippen molar-refractivity contribution in [1.29, 1.82) is 0 Å². The standard InChI is InChI=1S/C18H27NO4/c1-18(2,3)23-17(21)19-11-7-10-16(20)15(19)13-22-12-14-8-5-4-6-9-14/h4-6,8-9,15-16,20H,7,10-13H2,1-3H3/t15-,16-/m1/s1. The van der Waals surface area contributed by atoms with E-state index < -0.39 is 11.7 Å². The molecule has 5 heteroatoms. The Hall–Kier alpha value is -1.59. The molecule has 1 aromatic carbocycles. The molecule has 2 atom stereocenters. The number of benzene rings is 1. The highest BCUT2D eigenvalue weighted by atomic mass is 16.6. The topological polar surface area (TPSA) is 59.0 Å². The summed E-state index contributed by atoms with van der Waals surface area (Å²) in [6, 6.07) is 9.49. The summed E-state index contributed by atoms with van der Waals surface area (Å²) in [6.45, 7) is 6.87. The Morgan fingerprint density at radius 2 is 2.00 bits per heavy atom. The van der Waals surface area contributed by atoms with Crippen LogP contribution in [0.2, 0.25) is 0 Å². The predicted octanol–water partition coefficient (Wildman–Crippen LogP) is 2.96. The monoisotopic (exact) mass is 321 g/mol. The van der Waals surface area contributed by atoms with Crippen LogP contribution in [-0.2, 0) is 16.1 Å². The minimum Gasteiger partial charge on any atom is -0.444 e. The van der Waals surface area contributed by atoms with Crippen LogP contribution in [0.4, 0.5) is 4.79 Å². The fourth-order valence-corrected chi connectivity index (χ4v) is 2.66. The number of amides is 1. The van der Waals surface area contributed by atoms with E-state index in [1.54, 1.807) is 4.90 Å². The lowest BCUT2D eigenvalue weighted by Crippen LogP contribution is -2.54. The largest absolute Gasteiger partial charge is 0.444 e. The van der Waals surface area contributed by atoms with Gasteiger partial charge in [0.1, 0.15) is 5.60 Å². The molecule has 1 heterocycles. The Labute approximate surface area is 138 Å². The molecule has 0 aliphatic carbocycles. The van der Waals surface area contributed by atoms with Crippen LogP contribution in [0, 0.1) is 0 Å². The van der Waals surface area contributed by atoms with Crippen LogP contribution in [0.5, 0.6) is 0 Å². The fourth-order valence-electron chi connectivity index (χ4n) is 2.66. The van der Waals surface area contributed by atoms with Gasteiger partial charge in [0, 0.05) is 6.54 Å². The molecule has 23 heavy (non-hydrogen) atoms. The molecule has 1 aliphatic heterocycles. The summed E-state index contributed by atoms with van der Waals surface area (Å²) < 4.78 is 11.2. The van der Waals surface area contributed by atoms with Crippen molar-refractivity contribution < 1.29 is 19.4 Å². The van der Waals surface area contributed by atoms with Gasteiger partial charge in [-0.15, -0.1) is 0 Å². The lowest BCUT2D eigenvalue weighted by molar-refractivity contribution is -0.0516. The SMILES string of the molecule is CC(C)(C)OC(=O)N1CCC[C@@H](O)[C@H]1COCc1ccccc1. The smallest absolute Gasteiger partial charge is 0.410 e. The van der Waals surface area contributed by atoms with Gasteiger partial charge in [-0.3, -0.25) is 0 Å². The first-order chi connectivity index (χ1) is 10.9. The summed E-state index contributed by atoms with van der Waals surface area (Å²) in [5, 5.41) is 10.3. The number of ether oxygens (including phenoxy) is 2. The first-order valence-corrected chi connectivity index (χ1v) is 8.16. The van der Waals surface area contributed by atoms with Gasteiger partial charge in [0.05, 0.1) is 25.4 Å². The molecular weight excluding hydrogens is 294 g/mol. The predicted molar refractivity (Wildman–Crippen MR) is 88.1 cm³/mol. The van der Waals surface area contributed by atoms with Gasteiger partial charge in [0.15, 0.2) is 0 Å². The van der Waals surface area contributed by atoms with Crippen molar-refractivity contribution in [2.45, 2.75) is 58.0 Å². The molecule has 1 saturated heterocycles. The highest BCUT2D eigenvalue weighted by Gasteiger charge is 2.35. The van der Waals surface area contributed by atoms with Gasteiger partial charge < -0.3 is 19.5 Å². The number of likely N-dealkylation sites (tertiary alicyclic amines) is 1. The van der Waals surface area contributed by atoms with Crippen molar-refractivity contribution in [2.75, 3.05) is 13.2 Å². The van der Waals surface area contributed by atoms with Crippen LogP contribution in [0.15, 0.2) is 30.3 Å². The van der Waals surface area contributed by atoms with E-state index in [2.05, 4.69) is 0 Å². The molecule has 1 aliphatic rings. The van der Waals surface area contributed by atoms with Crippen LogP contribution in [-0.4, -0.2) is 47.0 Å². The van der Waals surface area contributed by atoms with Crippen LogP contribution >= 0.6 is 0 Å². The normalized spacial score (nSPS) is 22.0. The average Bonchev–Trinajstić information content (AvgIpc) is 2.48. The second-order valence-corrected chi connectivity index (χ2v) is 6.95. The lowest BCUT2D eigenvalue weighted by atomic mass is 10.00. The zero-order valence-electron chi connectivity index (χ0n) is 14.2. The first kappa shape index (κ1) is 17.8. The summed E-state index contributed by atoms with van der Waals surface area (Å²) in [5.41, 5.74) is 0.524. The molecule has 1 N–H and O–H groups in total. The van der Waals surface area contributed by atoms with Gasteiger partial charge in [-0.2, -0.15) is 0 Å². The van der Waals surface area contributed by atoms with Gasteiger partial charge in [0.25, 0.3) is 0 Å². The van der Waals surface area contributed by atoms with Crippen molar-refractivity contribution in [2.24, 2.45) is 0 Å². The van der Waals surface area contributed by atoms with Gasteiger partial charge >= 0.3 is 6.09 Å². The summed E-state index contributed by atoms with van der Waals surface area (Å²) in [4.78, 5) is 13.9. The van der Waals surface area contributed by atoms with Crippen molar-refractivity contribution in [1.82, 2.24) is 4.90 Å². The zero-order valence-corrected chi connectivity index (χ0v) is 14.2. The van der Waals surface area contributed by atoms with Crippen LogP contribution < -0.4 is 0 Å². The van der Waals surface area contributed by atoms with Gasteiger partial charge in [0.2, 0.25) is 0 Å². The Balaban J connectivity index is 1.93. The summed E-state index contributed by atoms with van der Waals surface area (Å²) in [7, 11) is 0. The molecule has 0 saturated carbocycles. The molecule has 2 rings (SSSR count). The Bertz CT molecular complexity index is 497. The molecule has 0 unspecified atom stereocenters. The summed E-state index contributed by atoms with van der Waals surface area (Å²) >= 11 is 0. The van der Waals surface area contributed by atoms with E-state index in [1.165, 1.54) is 0 Å². The molecule has 0 bridgehead atoms. The molecule has 1 amide bonds. The van der Waals surface area contributed by atoms with Gasteiger partial charge in [-0.05, 0) is 39.2 Å². The number of carbonyl (C=O) groups is 1. The van der Waals surface area contributed by atoms with E-state index in [9.17, 15) is 9.90 Å². The number of piperidine rings is 1. The Morgan fingerprint density at radius 3 is 2.65 bits per heavy atom. The third kappa shape index (κ3) is 5.52. The van der Waals surface area contributed by atoms with Crippen molar-refractivity contribution >= 4 is 6.09 Å². The molecular formula is C18H27NO4. The molecule has 5 nitrogen and oxygen atoms in total. The van der Waals surface area contributed by atoms with Crippen LogP contribution in [0.1, 0.15) is 39.2 Å². The maximum atomic E-state index is 12.3. The van der Waals surface area contributed by atoms with E-state index in [-0.39, 0.29) is 12.1 Å². The number of nitrogens with zero attached hydrogens (tertiary/aromatic N) is 1. The number of aliphatic hydroxyl groups excluding tert-OH is 1. The highest BCUT2D eigenvalue weighted by Crippen LogP contribution is 2.21. The minimum atomic E-state index is -0.577. The van der Waals surface area contributed by atoms with E-state index in [4.69, 9.17) is 9.47 Å². The first-order valence-electron chi connectivity index (χ1n) is 8.16. The van der Waals surface area contributed by atoms with Crippen LogP contribution in [0.3, 0.4) is 0 Å². The average molecular weight is 321 g/mol.